The smallest absolute Gasteiger partial charge is 0.306 e. The molecular weight excluding hydrogens is 370 g/mol. The average Bonchev–Trinajstić information content (AvgIpc) is 3.42. The maximum Gasteiger partial charge on any atom is 0.306 e. The van der Waals surface area contributed by atoms with Crippen LogP contribution < -0.4 is 10.2 Å². The molecule has 1 fully saturated rings. The second-order valence-electron chi connectivity index (χ2n) is 8.30. The number of β-amino-alcohol motifs (C(OH)–C–C–N with tert-alkyl or cyclic N) is 1. The number of rotatable bonds is 8. The Morgan fingerprint density at radius 2 is 2.04 bits per heavy atom. The summed E-state index contributed by atoms with van der Waals surface area (Å²) in [5.41, 5.74) is -0.981. The molecule has 1 heterocycles. The molecule has 0 saturated heterocycles. The van der Waals surface area contributed by atoms with Crippen LogP contribution in [0.2, 0.25) is 0 Å². The van der Waals surface area contributed by atoms with Gasteiger partial charge in [-0.25, -0.2) is 8.78 Å². The zero-order valence-corrected chi connectivity index (χ0v) is 16.3. The fourth-order valence-electron chi connectivity index (χ4n) is 3.71. The first kappa shape index (κ1) is 20.7. The van der Waals surface area contributed by atoms with E-state index in [-0.39, 0.29) is 36.7 Å². The molecule has 0 spiro atoms. The number of amides is 1. The average molecular weight is 396 g/mol. The van der Waals surface area contributed by atoms with Gasteiger partial charge in [-0.2, -0.15) is 0 Å². The van der Waals surface area contributed by atoms with Crippen molar-refractivity contribution in [3.8, 4) is 0 Å². The minimum atomic E-state index is -1.23. The molecule has 0 bridgehead atoms. The Morgan fingerprint density at radius 3 is 2.61 bits per heavy atom. The van der Waals surface area contributed by atoms with Gasteiger partial charge in [-0.1, -0.05) is 6.92 Å². The molecule has 0 radical (unpaired) electrons. The largest absolute Gasteiger partial charge is 0.481 e. The Balaban J connectivity index is 1.80. The molecule has 1 aliphatic heterocycles. The number of hydrogen-bond acceptors (Lipinski definition) is 4. The van der Waals surface area contributed by atoms with E-state index in [1.165, 1.54) is 6.07 Å². The standard InChI is InChI=1S/C20H26F2N2O4/c1-10(18(26)27)6-7-23-14(25)9-24-17-13(21)8-12(11-4-5-11)16(22)15(17)20(2,3)19(24)28/h8,10-11,14,23,25H,4-7,9H2,1-3H3,(H,26,27)/t10-,14?/m1/s1. The van der Waals surface area contributed by atoms with Crippen LogP contribution in [0, 0.1) is 17.6 Å². The first-order valence-corrected chi connectivity index (χ1v) is 9.54. The zero-order chi connectivity index (χ0) is 20.8. The summed E-state index contributed by atoms with van der Waals surface area (Å²) in [7, 11) is 0. The number of hydrogen-bond donors (Lipinski definition) is 3. The molecule has 8 heteroatoms. The van der Waals surface area contributed by atoms with Crippen LogP contribution >= 0.6 is 0 Å². The van der Waals surface area contributed by atoms with Crippen molar-refractivity contribution in [2.75, 3.05) is 18.0 Å². The number of aliphatic hydroxyl groups excluding tert-OH is 1. The summed E-state index contributed by atoms with van der Waals surface area (Å²) in [4.78, 5) is 24.8. The topological polar surface area (TPSA) is 89.9 Å². The van der Waals surface area contributed by atoms with E-state index < -0.39 is 41.1 Å². The van der Waals surface area contributed by atoms with Gasteiger partial charge >= 0.3 is 5.97 Å². The number of anilines is 1. The van der Waals surface area contributed by atoms with Gasteiger partial charge in [0.1, 0.15) is 17.9 Å². The van der Waals surface area contributed by atoms with E-state index in [4.69, 9.17) is 5.11 Å². The second-order valence-corrected chi connectivity index (χ2v) is 8.30. The highest BCUT2D eigenvalue weighted by atomic mass is 19.1. The monoisotopic (exact) mass is 396 g/mol. The number of nitrogens with one attached hydrogen (secondary N) is 1. The number of benzene rings is 1. The Kier molecular flexibility index (Phi) is 5.46. The quantitative estimate of drug-likeness (QED) is 0.588. The lowest BCUT2D eigenvalue weighted by molar-refractivity contribution is -0.141. The van der Waals surface area contributed by atoms with Crippen LogP contribution in [-0.4, -0.2) is 41.4 Å². The molecule has 1 aliphatic carbocycles. The van der Waals surface area contributed by atoms with E-state index in [2.05, 4.69) is 5.32 Å². The van der Waals surface area contributed by atoms with Crippen molar-refractivity contribution in [2.45, 2.75) is 57.6 Å². The van der Waals surface area contributed by atoms with Crippen LogP contribution in [-0.2, 0) is 15.0 Å². The lowest BCUT2D eigenvalue weighted by atomic mass is 9.84. The third-order valence-electron chi connectivity index (χ3n) is 5.64. The number of carboxylic acid groups (broad SMARTS) is 1. The Bertz CT molecular complexity index is 808. The summed E-state index contributed by atoms with van der Waals surface area (Å²) < 4.78 is 30.0. The molecule has 1 aromatic carbocycles. The van der Waals surface area contributed by atoms with Gasteiger partial charge in [-0.15, -0.1) is 0 Å². The van der Waals surface area contributed by atoms with Gasteiger partial charge in [0, 0.05) is 5.56 Å². The fourth-order valence-corrected chi connectivity index (χ4v) is 3.71. The van der Waals surface area contributed by atoms with Crippen molar-refractivity contribution in [3.63, 3.8) is 0 Å². The summed E-state index contributed by atoms with van der Waals surface area (Å²) in [6.07, 6.45) is 0.711. The third kappa shape index (κ3) is 3.63. The van der Waals surface area contributed by atoms with Crippen molar-refractivity contribution < 1.29 is 28.6 Å². The summed E-state index contributed by atoms with van der Waals surface area (Å²) in [5, 5.41) is 21.8. The van der Waals surface area contributed by atoms with Crippen LogP contribution in [0.4, 0.5) is 14.5 Å². The number of halogens is 2. The number of nitrogens with zero attached hydrogens (tertiary/aromatic N) is 1. The van der Waals surface area contributed by atoms with Crippen molar-refractivity contribution in [1.29, 1.82) is 0 Å². The maximum atomic E-state index is 15.1. The van der Waals surface area contributed by atoms with E-state index in [0.717, 1.165) is 17.7 Å². The van der Waals surface area contributed by atoms with Crippen LogP contribution in [0.15, 0.2) is 6.07 Å². The van der Waals surface area contributed by atoms with E-state index >= 15 is 4.39 Å². The van der Waals surface area contributed by atoms with Crippen LogP contribution in [0.25, 0.3) is 0 Å². The number of carbonyl (C=O) groups excluding carboxylic acids is 1. The van der Waals surface area contributed by atoms with Gasteiger partial charge in [0.25, 0.3) is 0 Å². The molecule has 1 aromatic rings. The Hall–Kier alpha value is -2.06. The number of fused-ring (bicyclic) bond motifs is 1. The molecule has 2 atom stereocenters. The van der Waals surface area contributed by atoms with Gasteiger partial charge in [-0.05, 0) is 57.2 Å². The van der Waals surface area contributed by atoms with Crippen molar-refractivity contribution in [2.24, 2.45) is 5.92 Å². The summed E-state index contributed by atoms with van der Waals surface area (Å²) in [5.74, 6) is -3.19. The SMILES string of the molecule is C[C@H](CCNC(O)CN1C(=O)C(C)(C)c2c(F)c(C3CC3)cc(F)c21)C(=O)O. The fraction of sp³-hybridized carbons (Fsp3) is 0.600. The maximum absolute atomic E-state index is 15.1. The minimum absolute atomic E-state index is 0.00299. The minimum Gasteiger partial charge on any atom is -0.481 e. The summed E-state index contributed by atoms with van der Waals surface area (Å²) in [6, 6.07) is 1.17. The van der Waals surface area contributed by atoms with Crippen molar-refractivity contribution in [3.05, 3.63) is 28.8 Å². The summed E-state index contributed by atoms with van der Waals surface area (Å²) >= 11 is 0. The molecule has 28 heavy (non-hydrogen) atoms. The van der Waals surface area contributed by atoms with Gasteiger partial charge in [-0.3, -0.25) is 14.9 Å². The van der Waals surface area contributed by atoms with Gasteiger partial charge < -0.3 is 15.1 Å². The molecule has 3 N–H and O–H groups in total. The number of aliphatic hydroxyl groups is 1. The molecular formula is C20H26F2N2O4. The van der Waals surface area contributed by atoms with E-state index in [9.17, 15) is 19.1 Å². The highest BCUT2D eigenvalue weighted by molar-refractivity contribution is 6.08. The number of carbonyl (C=O) groups is 2. The number of aliphatic carboxylic acids is 1. The highest BCUT2D eigenvalue weighted by Gasteiger charge is 2.49. The molecule has 3 rings (SSSR count). The lowest BCUT2D eigenvalue weighted by Crippen LogP contribution is -2.45. The molecule has 1 amide bonds. The molecule has 1 unspecified atom stereocenters. The number of carboxylic acids is 1. The first-order chi connectivity index (χ1) is 13.1. The predicted molar refractivity (Wildman–Crippen MR) is 99.1 cm³/mol. The Morgan fingerprint density at radius 1 is 1.39 bits per heavy atom. The van der Waals surface area contributed by atoms with E-state index in [1.54, 1.807) is 20.8 Å². The zero-order valence-electron chi connectivity index (χ0n) is 16.3. The highest BCUT2D eigenvalue weighted by Crippen LogP contribution is 2.50. The second kappa shape index (κ2) is 7.40. The third-order valence-corrected chi connectivity index (χ3v) is 5.64. The van der Waals surface area contributed by atoms with Gasteiger partial charge in [0.05, 0.1) is 23.6 Å². The molecule has 154 valence electrons. The van der Waals surface area contributed by atoms with Crippen LogP contribution in [0.5, 0.6) is 0 Å². The molecule has 0 aromatic heterocycles. The molecule has 2 aliphatic rings. The summed E-state index contributed by atoms with van der Waals surface area (Å²) in [6.45, 7) is 4.62. The van der Waals surface area contributed by atoms with Crippen LogP contribution in [0.3, 0.4) is 0 Å². The van der Waals surface area contributed by atoms with E-state index in [1.807, 2.05) is 0 Å². The first-order valence-electron chi connectivity index (χ1n) is 9.54. The molecule has 1 saturated carbocycles. The molecule has 6 nitrogen and oxygen atoms in total. The van der Waals surface area contributed by atoms with Crippen molar-refractivity contribution in [1.82, 2.24) is 5.32 Å². The van der Waals surface area contributed by atoms with Crippen LogP contribution in [0.1, 0.15) is 57.1 Å². The predicted octanol–water partition coefficient (Wildman–Crippen LogP) is 2.49. The van der Waals surface area contributed by atoms with Crippen molar-refractivity contribution >= 4 is 17.6 Å². The van der Waals surface area contributed by atoms with Gasteiger partial charge in [0.2, 0.25) is 5.91 Å². The normalized spacial score (nSPS) is 20.2. The van der Waals surface area contributed by atoms with Gasteiger partial charge in [0.15, 0.2) is 0 Å². The Labute approximate surface area is 162 Å². The lowest BCUT2D eigenvalue weighted by Gasteiger charge is -2.24. The van der Waals surface area contributed by atoms with E-state index in [0.29, 0.717) is 5.56 Å².